The monoisotopic (exact) mass is 262 g/mol. The van der Waals surface area contributed by atoms with Crippen molar-refractivity contribution in [3.63, 3.8) is 0 Å². The van der Waals surface area contributed by atoms with Gasteiger partial charge >= 0.3 is 0 Å². The minimum Gasteiger partial charge on any atom is -0.290 e. The smallest absolute Gasteiger partial charge is 0.178 e. The van der Waals surface area contributed by atoms with Gasteiger partial charge in [-0.15, -0.1) is 0 Å². The molecule has 0 saturated heterocycles. The number of ketones is 1. The number of carbonyl (C=O) groups is 1. The molecule has 0 spiro atoms. The van der Waals surface area contributed by atoms with E-state index in [0.29, 0.717) is 0 Å². The van der Waals surface area contributed by atoms with E-state index < -0.39 is 0 Å². The maximum atomic E-state index is 11.7. The van der Waals surface area contributed by atoms with Gasteiger partial charge in [0.25, 0.3) is 0 Å². The highest BCUT2D eigenvalue weighted by atomic mass is 16.1. The SMILES string of the molecule is Cc1ccc(/C=C\C(=O)/C=C\c2ccc(C)cc2)cc1. The molecule has 0 bridgehead atoms. The molecule has 20 heavy (non-hydrogen) atoms. The second kappa shape index (κ2) is 6.67. The van der Waals surface area contributed by atoms with Crippen LogP contribution < -0.4 is 0 Å². The zero-order valence-corrected chi connectivity index (χ0v) is 11.8. The molecule has 0 fully saturated rings. The zero-order chi connectivity index (χ0) is 14.4. The third-order valence-electron chi connectivity index (χ3n) is 3.03. The molecule has 0 atom stereocenters. The Hall–Kier alpha value is -2.41. The fraction of sp³-hybridized carbons (Fsp3) is 0.105. The molecule has 2 rings (SSSR count). The van der Waals surface area contributed by atoms with Gasteiger partial charge < -0.3 is 0 Å². The molecule has 0 radical (unpaired) electrons. The predicted octanol–water partition coefficient (Wildman–Crippen LogP) is 4.60. The van der Waals surface area contributed by atoms with E-state index in [4.69, 9.17) is 0 Å². The topological polar surface area (TPSA) is 17.1 Å². The number of benzene rings is 2. The largest absolute Gasteiger partial charge is 0.290 e. The van der Waals surface area contributed by atoms with Crippen LogP contribution in [0.4, 0.5) is 0 Å². The van der Waals surface area contributed by atoms with Crippen LogP contribution >= 0.6 is 0 Å². The second-order valence-electron chi connectivity index (χ2n) is 4.89. The molecule has 1 nitrogen and oxygen atoms in total. The van der Waals surface area contributed by atoms with E-state index in [1.807, 2.05) is 74.5 Å². The van der Waals surface area contributed by atoms with E-state index in [-0.39, 0.29) is 5.78 Å². The molecule has 0 heterocycles. The normalized spacial score (nSPS) is 11.3. The number of rotatable bonds is 4. The molecule has 0 aliphatic heterocycles. The Balaban J connectivity index is 1.98. The minimum atomic E-state index is -0.00819. The van der Waals surface area contributed by atoms with Gasteiger partial charge in [0.15, 0.2) is 5.78 Å². The quantitative estimate of drug-likeness (QED) is 0.736. The lowest BCUT2D eigenvalue weighted by atomic mass is 10.1. The highest BCUT2D eigenvalue weighted by molar-refractivity contribution is 6.04. The predicted molar refractivity (Wildman–Crippen MR) is 85.4 cm³/mol. The second-order valence-corrected chi connectivity index (χ2v) is 4.89. The number of hydrogen-bond donors (Lipinski definition) is 0. The van der Waals surface area contributed by atoms with Crippen LogP contribution in [0.25, 0.3) is 12.2 Å². The number of carbonyl (C=O) groups excluding carboxylic acids is 1. The average molecular weight is 262 g/mol. The van der Waals surface area contributed by atoms with E-state index in [1.54, 1.807) is 12.2 Å². The molecule has 2 aromatic carbocycles. The zero-order valence-electron chi connectivity index (χ0n) is 11.8. The van der Waals surface area contributed by atoms with Crippen molar-refractivity contribution in [2.24, 2.45) is 0 Å². The van der Waals surface area contributed by atoms with Crippen LogP contribution in [0.1, 0.15) is 22.3 Å². The third-order valence-corrected chi connectivity index (χ3v) is 3.03. The van der Waals surface area contributed by atoms with E-state index in [9.17, 15) is 4.79 Å². The Morgan fingerprint density at radius 1 is 0.700 bits per heavy atom. The van der Waals surface area contributed by atoms with E-state index in [2.05, 4.69) is 0 Å². The lowest BCUT2D eigenvalue weighted by Crippen LogP contribution is -1.85. The lowest BCUT2D eigenvalue weighted by molar-refractivity contribution is -0.110. The first-order chi connectivity index (χ1) is 9.63. The Kier molecular flexibility index (Phi) is 4.67. The summed E-state index contributed by atoms with van der Waals surface area (Å²) in [6, 6.07) is 16.1. The molecule has 0 aromatic heterocycles. The number of allylic oxidation sites excluding steroid dienone is 2. The summed E-state index contributed by atoms with van der Waals surface area (Å²) in [5, 5.41) is 0. The van der Waals surface area contributed by atoms with Crippen molar-refractivity contribution >= 4 is 17.9 Å². The first-order valence-electron chi connectivity index (χ1n) is 6.67. The van der Waals surface area contributed by atoms with Gasteiger partial charge in [-0.2, -0.15) is 0 Å². The molecule has 0 unspecified atom stereocenters. The van der Waals surface area contributed by atoms with Crippen LogP contribution in [0, 0.1) is 13.8 Å². The van der Waals surface area contributed by atoms with E-state index in [1.165, 1.54) is 11.1 Å². The van der Waals surface area contributed by atoms with Crippen LogP contribution in [0.15, 0.2) is 60.7 Å². The van der Waals surface area contributed by atoms with Crippen molar-refractivity contribution in [2.75, 3.05) is 0 Å². The van der Waals surface area contributed by atoms with Crippen molar-refractivity contribution in [3.05, 3.63) is 82.9 Å². The van der Waals surface area contributed by atoms with Crippen molar-refractivity contribution < 1.29 is 4.79 Å². The number of aryl methyl sites for hydroxylation is 2. The van der Waals surface area contributed by atoms with Crippen molar-refractivity contribution in [3.8, 4) is 0 Å². The molecule has 0 aliphatic rings. The van der Waals surface area contributed by atoms with Gasteiger partial charge in [0.2, 0.25) is 0 Å². The van der Waals surface area contributed by atoms with E-state index >= 15 is 0 Å². The van der Waals surface area contributed by atoms with Crippen LogP contribution in [0.5, 0.6) is 0 Å². The van der Waals surface area contributed by atoms with Crippen LogP contribution in [0.2, 0.25) is 0 Å². The highest BCUT2D eigenvalue weighted by Crippen LogP contribution is 2.07. The lowest BCUT2D eigenvalue weighted by Gasteiger charge is -1.94. The number of hydrogen-bond acceptors (Lipinski definition) is 1. The van der Waals surface area contributed by atoms with Gasteiger partial charge in [-0.25, -0.2) is 0 Å². The summed E-state index contributed by atoms with van der Waals surface area (Å²) in [4.78, 5) is 11.7. The third kappa shape index (κ3) is 4.36. The van der Waals surface area contributed by atoms with Gasteiger partial charge in [-0.05, 0) is 37.1 Å². The summed E-state index contributed by atoms with van der Waals surface area (Å²) >= 11 is 0. The molecule has 0 N–H and O–H groups in total. The maximum Gasteiger partial charge on any atom is 0.178 e. The molecule has 1 heteroatoms. The van der Waals surface area contributed by atoms with Crippen LogP contribution in [0.3, 0.4) is 0 Å². The van der Waals surface area contributed by atoms with Gasteiger partial charge in [0.05, 0.1) is 0 Å². The summed E-state index contributed by atoms with van der Waals surface area (Å²) in [5.74, 6) is -0.00819. The molecule has 0 aliphatic carbocycles. The summed E-state index contributed by atoms with van der Waals surface area (Å²) < 4.78 is 0. The first kappa shape index (κ1) is 14.0. The molecule has 0 amide bonds. The maximum absolute atomic E-state index is 11.7. The fourth-order valence-corrected chi connectivity index (χ4v) is 1.77. The summed E-state index contributed by atoms with van der Waals surface area (Å²) in [6.07, 6.45) is 6.85. The van der Waals surface area contributed by atoms with Crippen molar-refractivity contribution in [1.29, 1.82) is 0 Å². The van der Waals surface area contributed by atoms with Crippen molar-refractivity contribution in [1.82, 2.24) is 0 Å². The van der Waals surface area contributed by atoms with Gasteiger partial charge in [-0.1, -0.05) is 71.8 Å². The minimum absolute atomic E-state index is 0.00819. The fourth-order valence-electron chi connectivity index (χ4n) is 1.77. The van der Waals surface area contributed by atoms with Crippen LogP contribution in [-0.2, 0) is 4.79 Å². The van der Waals surface area contributed by atoms with Gasteiger partial charge in [-0.3, -0.25) is 4.79 Å². The van der Waals surface area contributed by atoms with E-state index in [0.717, 1.165) is 11.1 Å². The van der Waals surface area contributed by atoms with Crippen molar-refractivity contribution in [2.45, 2.75) is 13.8 Å². The highest BCUT2D eigenvalue weighted by Gasteiger charge is 1.92. The summed E-state index contributed by atoms with van der Waals surface area (Å²) in [6.45, 7) is 4.09. The summed E-state index contributed by atoms with van der Waals surface area (Å²) in [5.41, 5.74) is 4.50. The molecular weight excluding hydrogens is 244 g/mol. The molecule has 2 aromatic rings. The molecule has 0 saturated carbocycles. The molecule has 100 valence electrons. The molecular formula is C19H18O. The standard InChI is InChI=1S/C19H18O/c1-15-3-7-17(8-4-15)11-13-19(20)14-12-18-9-5-16(2)6-10-18/h3-14H,1-2H3/b13-11-,14-12-. The first-order valence-corrected chi connectivity index (χ1v) is 6.67. The Morgan fingerprint density at radius 2 is 1.05 bits per heavy atom. The Labute approximate surface area is 120 Å². The Morgan fingerprint density at radius 3 is 1.40 bits per heavy atom. The summed E-state index contributed by atoms with van der Waals surface area (Å²) in [7, 11) is 0. The van der Waals surface area contributed by atoms with Crippen LogP contribution in [-0.4, -0.2) is 5.78 Å². The van der Waals surface area contributed by atoms with Gasteiger partial charge in [0.1, 0.15) is 0 Å². The van der Waals surface area contributed by atoms with Gasteiger partial charge in [0, 0.05) is 0 Å². The average Bonchev–Trinajstić information content (AvgIpc) is 2.46. The Bertz CT molecular complexity index is 571.